The van der Waals surface area contributed by atoms with Gasteiger partial charge in [0.15, 0.2) is 11.5 Å². The second kappa shape index (κ2) is 9.65. The number of carbonyl (C=O) groups is 2. The van der Waals surface area contributed by atoms with E-state index >= 15 is 0 Å². The molecule has 2 atom stereocenters. The fraction of sp³-hybridized carbons (Fsp3) is 0.182. The lowest BCUT2D eigenvalue weighted by Gasteiger charge is -2.45. The summed E-state index contributed by atoms with van der Waals surface area (Å²) in [6, 6.07) is 29.2. The van der Waals surface area contributed by atoms with E-state index in [1.165, 1.54) is 6.21 Å². The molecule has 6 nitrogen and oxygen atoms in total. The zero-order valence-electron chi connectivity index (χ0n) is 21.7. The van der Waals surface area contributed by atoms with Crippen LogP contribution in [0.1, 0.15) is 45.2 Å². The highest BCUT2D eigenvalue weighted by Gasteiger charge is 2.61. The molecule has 0 spiro atoms. The smallest absolute Gasteiger partial charge is 0.254 e. The molecule has 4 aliphatic rings. The van der Waals surface area contributed by atoms with Crippen LogP contribution >= 0.6 is 11.6 Å². The maximum absolute atomic E-state index is 13.7. The van der Waals surface area contributed by atoms with Gasteiger partial charge in [0, 0.05) is 16.9 Å². The first-order chi connectivity index (χ1) is 19.5. The molecule has 8 rings (SSSR count). The van der Waals surface area contributed by atoms with E-state index in [-0.39, 0.29) is 23.7 Å². The Morgan fingerprint density at radius 1 is 0.775 bits per heavy atom. The highest BCUT2D eigenvalue weighted by atomic mass is 35.5. The molecule has 4 aromatic rings. The van der Waals surface area contributed by atoms with Gasteiger partial charge in [-0.25, -0.2) is 0 Å². The Kier molecular flexibility index (Phi) is 5.93. The number of hydrogen-bond acceptors (Lipinski definition) is 5. The van der Waals surface area contributed by atoms with Crippen LogP contribution in [0.25, 0.3) is 0 Å². The summed E-state index contributed by atoms with van der Waals surface area (Å²) in [6.07, 6.45) is 1.53. The highest BCUT2D eigenvalue weighted by Crippen LogP contribution is 2.60. The van der Waals surface area contributed by atoms with Crippen molar-refractivity contribution in [2.24, 2.45) is 16.9 Å². The number of halogens is 1. The second-order valence-corrected chi connectivity index (χ2v) is 10.8. The van der Waals surface area contributed by atoms with Crippen LogP contribution in [0, 0.1) is 11.8 Å². The Hall–Kier alpha value is -4.42. The number of amides is 2. The number of hydrazone groups is 1. The molecule has 40 heavy (non-hydrogen) atoms. The van der Waals surface area contributed by atoms with Gasteiger partial charge in [0.25, 0.3) is 11.8 Å². The average Bonchev–Trinajstić information content (AvgIpc) is 3.25. The van der Waals surface area contributed by atoms with Crippen molar-refractivity contribution >= 4 is 29.6 Å². The number of hydrogen-bond donors (Lipinski definition) is 0. The molecule has 1 heterocycles. The van der Waals surface area contributed by atoms with Gasteiger partial charge < -0.3 is 9.47 Å². The molecule has 1 saturated heterocycles. The Morgan fingerprint density at radius 2 is 1.32 bits per heavy atom. The van der Waals surface area contributed by atoms with E-state index in [2.05, 4.69) is 29.4 Å². The van der Waals surface area contributed by atoms with E-state index in [1.54, 1.807) is 19.2 Å². The maximum Gasteiger partial charge on any atom is 0.254 e. The summed E-state index contributed by atoms with van der Waals surface area (Å²) < 4.78 is 11.5. The molecule has 4 aromatic carbocycles. The number of rotatable bonds is 6. The number of carbonyl (C=O) groups excluding carboxylic acids is 2. The third-order valence-corrected chi connectivity index (χ3v) is 8.49. The molecular formula is C33H25ClN2O4. The Morgan fingerprint density at radius 3 is 1.85 bits per heavy atom. The van der Waals surface area contributed by atoms with Crippen LogP contribution in [-0.2, 0) is 16.2 Å². The van der Waals surface area contributed by atoms with Crippen LogP contribution in [0.4, 0.5) is 0 Å². The van der Waals surface area contributed by atoms with Crippen molar-refractivity contribution in [3.05, 3.63) is 129 Å². The summed E-state index contributed by atoms with van der Waals surface area (Å²) in [6.45, 7) is 0.355. The van der Waals surface area contributed by atoms with Crippen molar-refractivity contribution in [2.75, 3.05) is 7.11 Å². The molecule has 198 valence electrons. The molecule has 0 saturated carbocycles. The number of nitrogens with zero attached hydrogens (tertiary/aromatic N) is 2. The highest BCUT2D eigenvalue weighted by molar-refractivity contribution is 6.30. The minimum Gasteiger partial charge on any atom is -0.493 e. The van der Waals surface area contributed by atoms with Gasteiger partial charge in [-0.15, -0.1) is 0 Å². The van der Waals surface area contributed by atoms with Crippen molar-refractivity contribution in [2.45, 2.75) is 18.4 Å². The molecule has 0 N–H and O–H groups in total. The maximum atomic E-state index is 13.7. The molecule has 0 unspecified atom stereocenters. The van der Waals surface area contributed by atoms with Gasteiger partial charge in [0.1, 0.15) is 6.61 Å². The molecule has 2 amide bonds. The number of methoxy groups -OCH3 is 1. The second-order valence-electron chi connectivity index (χ2n) is 10.3. The fourth-order valence-electron chi connectivity index (χ4n) is 6.53. The van der Waals surface area contributed by atoms with Crippen LogP contribution in [0.3, 0.4) is 0 Å². The summed E-state index contributed by atoms with van der Waals surface area (Å²) in [5, 5.41) is 6.15. The van der Waals surface area contributed by atoms with Gasteiger partial charge in [-0.1, -0.05) is 72.3 Å². The zero-order valence-corrected chi connectivity index (χ0v) is 22.4. The normalized spacial score (nSPS) is 22.3. The van der Waals surface area contributed by atoms with Crippen molar-refractivity contribution in [1.29, 1.82) is 0 Å². The summed E-state index contributed by atoms with van der Waals surface area (Å²) in [7, 11) is 1.56. The van der Waals surface area contributed by atoms with Gasteiger partial charge in [-0.3, -0.25) is 9.59 Å². The SMILES string of the molecule is COc1cc(/C=N\N2C(=O)[C@@H]3C4c5ccccc5C(c5ccccc54)[C@@H]3C2=O)ccc1OCc1ccc(Cl)cc1. The quantitative estimate of drug-likeness (QED) is 0.214. The monoisotopic (exact) mass is 548 g/mol. The summed E-state index contributed by atoms with van der Waals surface area (Å²) in [5.41, 5.74) is 6.21. The topological polar surface area (TPSA) is 68.2 Å². The van der Waals surface area contributed by atoms with Crippen LogP contribution < -0.4 is 9.47 Å². The van der Waals surface area contributed by atoms with E-state index in [4.69, 9.17) is 21.1 Å². The van der Waals surface area contributed by atoms with Gasteiger partial charge in [-0.05, 0) is 63.7 Å². The molecule has 1 fully saturated rings. The molecule has 3 aliphatic carbocycles. The summed E-state index contributed by atoms with van der Waals surface area (Å²) >= 11 is 5.97. The predicted molar refractivity (Wildman–Crippen MR) is 152 cm³/mol. The first kappa shape index (κ1) is 24.6. The minimum atomic E-state index is -0.461. The van der Waals surface area contributed by atoms with Crippen molar-refractivity contribution in [3.8, 4) is 11.5 Å². The Balaban J connectivity index is 1.15. The van der Waals surface area contributed by atoms with Crippen LogP contribution in [0.2, 0.25) is 5.02 Å². The van der Waals surface area contributed by atoms with E-state index < -0.39 is 11.8 Å². The fourth-order valence-corrected chi connectivity index (χ4v) is 6.65. The van der Waals surface area contributed by atoms with E-state index in [0.717, 1.165) is 32.8 Å². The minimum absolute atomic E-state index is 0.156. The van der Waals surface area contributed by atoms with Crippen molar-refractivity contribution in [1.82, 2.24) is 5.01 Å². The number of benzene rings is 4. The number of ether oxygens (including phenoxy) is 2. The summed E-state index contributed by atoms with van der Waals surface area (Å²) in [4.78, 5) is 27.5. The van der Waals surface area contributed by atoms with Crippen molar-refractivity contribution < 1.29 is 19.1 Å². The Labute approximate surface area is 236 Å². The molecule has 7 heteroatoms. The summed E-state index contributed by atoms with van der Waals surface area (Å²) in [5.74, 6) is -0.640. The largest absolute Gasteiger partial charge is 0.493 e. The average molecular weight is 549 g/mol. The molecular weight excluding hydrogens is 524 g/mol. The lowest BCUT2D eigenvalue weighted by Crippen LogP contribution is -2.41. The van der Waals surface area contributed by atoms with Gasteiger partial charge in [-0.2, -0.15) is 10.1 Å². The number of imide groups is 1. The van der Waals surface area contributed by atoms with Crippen LogP contribution in [0.15, 0.2) is 96.1 Å². The third kappa shape index (κ3) is 3.82. The Bertz CT molecular complexity index is 1570. The molecule has 0 aromatic heterocycles. The molecule has 2 bridgehead atoms. The molecule has 1 aliphatic heterocycles. The van der Waals surface area contributed by atoms with Gasteiger partial charge >= 0.3 is 0 Å². The van der Waals surface area contributed by atoms with E-state index in [9.17, 15) is 9.59 Å². The zero-order chi connectivity index (χ0) is 27.4. The standard InChI is InChI=1S/C33H25ClN2O4/c1-39-27-16-20(12-15-26(27)40-18-19-10-13-21(34)14-11-19)17-35-36-32(37)30-28-22-6-2-3-7-23(22)29(31(30)33(36)38)25-9-5-4-8-24(25)28/h2-17,28-31H,18H2,1H3/b35-17-/t28?,29?,30-,31+. The lowest BCUT2D eigenvalue weighted by atomic mass is 9.55. The van der Waals surface area contributed by atoms with Gasteiger partial charge in [0.2, 0.25) is 0 Å². The third-order valence-electron chi connectivity index (χ3n) is 8.24. The first-order valence-corrected chi connectivity index (χ1v) is 13.6. The van der Waals surface area contributed by atoms with E-state index in [1.807, 2.05) is 54.6 Å². The molecule has 0 radical (unpaired) electrons. The first-order valence-electron chi connectivity index (χ1n) is 13.2. The van der Waals surface area contributed by atoms with Gasteiger partial charge in [0.05, 0.1) is 25.2 Å². The van der Waals surface area contributed by atoms with Crippen molar-refractivity contribution in [3.63, 3.8) is 0 Å². The van der Waals surface area contributed by atoms with Crippen LogP contribution in [0.5, 0.6) is 11.5 Å². The lowest BCUT2D eigenvalue weighted by molar-refractivity contribution is -0.139. The van der Waals surface area contributed by atoms with Crippen LogP contribution in [-0.4, -0.2) is 30.1 Å². The predicted octanol–water partition coefficient (Wildman–Crippen LogP) is 6.15. The van der Waals surface area contributed by atoms with E-state index in [0.29, 0.717) is 28.7 Å².